The number of aromatic nitrogens is 4. The molecule has 2 aromatic heterocycles. The second-order valence-electron chi connectivity index (χ2n) is 6.31. The summed E-state index contributed by atoms with van der Waals surface area (Å²) >= 11 is 0. The fourth-order valence-corrected chi connectivity index (χ4v) is 3.03. The number of hydrogen-bond donors (Lipinski definition) is 1. The molecule has 2 aliphatic rings. The first-order valence-electron chi connectivity index (χ1n) is 7.91. The number of ether oxygens (including phenoxy) is 1. The molecule has 1 aliphatic carbocycles. The van der Waals surface area contributed by atoms with Crippen LogP contribution in [-0.4, -0.2) is 32.4 Å². The summed E-state index contributed by atoms with van der Waals surface area (Å²) in [5.41, 5.74) is 2.14. The normalized spacial score (nSPS) is 24.6. The SMILES string of the molecule is Cc1cc(N[C@H]2CCO[C@@H]2c2cnn(C)c2)nc(C2CC2)n1. The first-order valence-corrected chi connectivity index (χ1v) is 7.91. The van der Waals surface area contributed by atoms with E-state index >= 15 is 0 Å². The van der Waals surface area contributed by atoms with Crippen molar-refractivity contribution in [3.8, 4) is 0 Å². The summed E-state index contributed by atoms with van der Waals surface area (Å²) < 4.78 is 7.71. The first kappa shape index (κ1) is 13.7. The molecule has 0 spiro atoms. The minimum absolute atomic E-state index is 0.0355. The van der Waals surface area contributed by atoms with Crippen molar-refractivity contribution in [2.45, 2.75) is 44.2 Å². The van der Waals surface area contributed by atoms with Crippen LogP contribution >= 0.6 is 0 Å². The lowest BCUT2D eigenvalue weighted by Gasteiger charge is -2.19. The Hall–Kier alpha value is -1.95. The van der Waals surface area contributed by atoms with Gasteiger partial charge < -0.3 is 10.1 Å². The van der Waals surface area contributed by atoms with E-state index in [1.165, 1.54) is 12.8 Å². The van der Waals surface area contributed by atoms with Crippen LogP contribution in [0, 0.1) is 6.92 Å². The standard InChI is InChI=1S/C16H21N5O/c1-10-7-14(20-16(18-10)11-3-4-11)19-13-5-6-22-15(13)12-8-17-21(2)9-12/h7-9,11,13,15H,3-6H2,1-2H3,(H,18,19,20)/t13-,15+/m0/s1. The minimum atomic E-state index is 0.0355. The predicted molar refractivity (Wildman–Crippen MR) is 82.7 cm³/mol. The number of anilines is 1. The van der Waals surface area contributed by atoms with Gasteiger partial charge in [0.15, 0.2) is 0 Å². The molecule has 0 aromatic carbocycles. The third kappa shape index (κ3) is 2.70. The monoisotopic (exact) mass is 299 g/mol. The van der Waals surface area contributed by atoms with Crippen LogP contribution in [0.5, 0.6) is 0 Å². The Morgan fingerprint density at radius 2 is 2.14 bits per heavy atom. The molecule has 1 saturated heterocycles. The van der Waals surface area contributed by atoms with Gasteiger partial charge in [0.2, 0.25) is 0 Å². The lowest BCUT2D eigenvalue weighted by atomic mass is 10.1. The van der Waals surface area contributed by atoms with E-state index in [1.54, 1.807) is 0 Å². The number of nitrogens with one attached hydrogen (secondary N) is 1. The molecule has 22 heavy (non-hydrogen) atoms. The van der Waals surface area contributed by atoms with Gasteiger partial charge in [0, 0.05) is 43.1 Å². The van der Waals surface area contributed by atoms with Crippen molar-refractivity contribution in [1.29, 1.82) is 0 Å². The molecule has 0 amide bonds. The van der Waals surface area contributed by atoms with E-state index < -0.39 is 0 Å². The van der Waals surface area contributed by atoms with Gasteiger partial charge in [-0.15, -0.1) is 0 Å². The van der Waals surface area contributed by atoms with Crippen LogP contribution < -0.4 is 5.32 Å². The molecule has 116 valence electrons. The summed E-state index contributed by atoms with van der Waals surface area (Å²) in [6.45, 7) is 2.79. The molecule has 2 atom stereocenters. The number of nitrogens with zero attached hydrogens (tertiary/aromatic N) is 4. The van der Waals surface area contributed by atoms with Crippen LogP contribution in [0.15, 0.2) is 18.5 Å². The van der Waals surface area contributed by atoms with Crippen LogP contribution in [0.4, 0.5) is 5.82 Å². The molecule has 0 radical (unpaired) electrons. The van der Waals surface area contributed by atoms with Gasteiger partial charge in [-0.1, -0.05) is 0 Å². The zero-order chi connectivity index (χ0) is 15.1. The van der Waals surface area contributed by atoms with E-state index in [1.807, 2.05) is 37.1 Å². The van der Waals surface area contributed by atoms with Gasteiger partial charge in [-0.2, -0.15) is 5.10 Å². The van der Waals surface area contributed by atoms with Gasteiger partial charge >= 0.3 is 0 Å². The Balaban J connectivity index is 1.54. The highest BCUT2D eigenvalue weighted by molar-refractivity contribution is 5.39. The number of hydrogen-bond acceptors (Lipinski definition) is 5. The molecule has 6 nitrogen and oxygen atoms in total. The fourth-order valence-electron chi connectivity index (χ4n) is 3.03. The van der Waals surface area contributed by atoms with Crippen molar-refractivity contribution in [3.63, 3.8) is 0 Å². The fraction of sp³-hybridized carbons (Fsp3) is 0.562. The maximum Gasteiger partial charge on any atom is 0.134 e. The van der Waals surface area contributed by atoms with E-state index in [2.05, 4.69) is 15.4 Å². The Kier molecular flexibility index (Phi) is 3.33. The van der Waals surface area contributed by atoms with E-state index in [4.69, 9.17) is 9.72 Å². The van der Waals surface area contributed by atoms with E-state index in [-0.39, 0.29) is 12.1 Å². The summed E-state index contributed by atoms with van der Waals surface area (Å²) in [4.78, 5) is 9.25. The van der Waals surface area contributed by atoms with Gasteiger partial charge in [-0.05, 0) is 26.2 Å². The molecule has 0 unspecified atom stereocenters. The van der Waals surface area contributed by atoms with Crippen molar-refractivity contribution >= 4 is 5.82 Å². The average Bonchev–Trinajstić information content (AvgIpc) is 3.10. The van der Waals surface area contributed by atoms with Gasteiger partial charge in [0.05, 0.1) is 12.2 Å². The second kappa shape index (κ2) is 5.35. The van der Waals surface area contributed by atoms with Crippen LogP contribution in [0.2, 0.25) is 0 Å². The zero-order valence-corrected chi connectivity index (χ0v) is 13.0. The first-order chi connectivity index (χ1) is 10.7. The lowest BCUT2D eigenvalue weighted by Crippen LogP contribution is -2.24. The van der Waals surface area contributed by atoms with Gasteiger partial charge in [-0.25, -0.2) is 9.97 Å². The maximum atomic E-state index is 5.90. The topological polar surface area (TPSA) is 64.9 Å². The lowest BCUT2D eigenvalue weighted by molar-refractivity contribution is 0.107. The summed E-state index contributed by atoms with van der Waals surface area (Å²) in [5.74, 6) is 2.47. The van der Waals surface area contributed by atoms with Crippen LogP contribution in [0.25, 0.3) is 0 Å². The highest BCUT2D eigenvalue weighted by atomic mass is 16.5. The summed E-state index contributed by atoms with van der Waals surface area (Å²) in [6.07, 6.45) is 7.34. The van der Waals surface area contributed by atoms with Crippen LogP contribution in [0.3, 0.4) is 0 Å². The van der Waals surface area contributed by atoms with Crippen molar-refractivity contribution < 1.29 is 4.74 Å². The molecule has 3 heterocycles. The molecule has 6 heteroatoms. The Morgan fingerprint density at radius 3 is 2.86 bits per heavy atom. The van der Waals surface area contributed by atoms with Gasteiger partial charge in [-0.3, -0.25) is 4.68 Å². The quantitative estimate of drug-likeness (QED) is 0.938. The number of aryl methyl sites for hydroxylation is 2. The van der Waals surface area contributed by atoms with E-state index in [0.717, 1.165) is 35.9 Å². The number of rotatable bonds is 4. The molecule has 0 bridgehead atoms. The summed E-state index contributed by atoms with van der Waals surface area (Å²) in [5, 5.41) is 7.80. The molecule has 1 aliphatic heterocycles. The van der Waals surface area contributed by atoms with Crippen LogP contribution in [-0.2, 0) is 11.8 Å². The third-order valence-electron chi connectivity index (χ3n) is 4.29. The van der Waals surface area contributed by atoms with Crippen molar-refractivity contribution in [2.24, 2.45) is 7.05 Å². The second-order valence-corrected chi connectivity index (χ2v) is 6.31. The van der Waals surface area contributed by atoms with Gasteiger partial charge in [0.25, 0.3) is 0 Å². The Morgan fingerprint density at radius 1 is 1.27 bits per heavy atom. The molecule has 2 aromatic rings. The minimum Gasteiger partial charge on any atom is -0.371 e. The largest absolute Gasteiger partial charge is 0.371 e. The van der Waals surface area contributed by atoms with Gasteiger partial charge in [0.1, 0.15) is 17.7 Å². The molecular formula is C16H21N5O. The average molecular weight is 299 g/mol. The van der Waals surface area contributed by atoms with Crippen molar-refractivity contribution in [3.05, 3.63) is 35.5 Å². The molecule has 2 fully saturated rings. The molecule has 1 N–H and O–H groups in total. The summed E-state index contributed by atoms with van der Waals surface area (Å²) in [7, 11) is 1.93. The van der Waals surface area contributed by atoms with Crippen molar-refractivity contribution in [1.82, 2.24) is 19.7 Å². The zero-order valence-electron chi connectivity index (χ0n) is 13.0. The van der Waals surface area contributed by atoms with E-state index in [9.17, 15) is 0 Å². The smallest absolute Gasteiger partial charge is 0.134 e. The van der Waals surface area contributed by atoms with E-state index in [0.29, 0.717) is 5.92 Å². The molecule has 4 rings (SSSR count). The van der Waals surface area contributed by atoms with Crippen molar-refractivity contribution in [2.75, 3.05) is 11.9 Å². The summed E-state index contributed by atoms with van der Waals surface area (Å²) in [6, 6.07) is 2.25. The predicted octanol–water partition coefficient (Wildman–Crippen LogP) is 2.34. The molecular weight excluding hydrogens is 278 g/mol. The highest BCUT2D eigenvalue weighted by Crippen LogP contribution is 2.38. The van der Waals surface area contributed by atoms with Crippen LogP contribution in [0.1, 0.15) is 48.4 Å². The third-order valence-corrected chi connectivity index (χ3v) is 4.29. The Bertz CT molecular complexity index is 679. The molecule has 1 saturated carbocycles. The highest BCUT2D eigenvalue weighted by Gasteiger charge is 2.32. The Labute approximate surface area is 129 Å². The maximum absolute atomic E-state index is 5.90.